The molecule has 0 spiro atoms. The SMILES string of the molecule is O=C(CCC(F)F)NC(c1cnn2cc(C(NC(=O)c3ccnc(CC(F)(F)F)c3)C3CCC(F)(F)CC3)nc2c1)C1CC1. The summed E-state index contributed by atoms with van der Waals surface area (Å²) in [5.74, 6) is -4.37. The fourth-order valence-corrected chi connectivity index (χ4v) is 5.59. The van der Waals surface area contributed by atoms with Crippen molar-refractivity contribution >= 4 is 17.5 Å². The third-order valence-corrected chi connectivity index (χ3v) is 8.02. The molecule has 0 bridgehead atoms. The maximum absolute atomic E-state index is 14.0. The van der Waals surface area contributed by atoms with E-state index in [0.29, 0.717) is 16.9 Å². The van der Waals surface area contributed by atoms with Crippen molar-refractivity contribution in [2.75, 3.05) is 0 Å². The molecule has 5 rings (SSSR count). The molecular weight excluding hydrogens is 597 g/mol. The molecular formula is C29H31F7N6O2. The summed E-state index contributed by atoms with van der Waals surface area (Å²) in [7, 11) is 0. The lowest BCUT2D eigenvalue weighted by Gasteiger charge is -2.33. The van der Waals surface area contributed by atoms with Crippen molar-refractivity contribution < 1.29 is 40.3 Å². The van der Waals surface area contributed by atoms with Gasteiger partial charge in [0, 0.05) is 37.4 Å². The molecule has 2 aliphatic rings. The fraction of sp³-hybridized carbons (Fsp3) is 0.552. The standard InChI is InChI=1S/C29H31F7N6O2/c30-22(31)3-4-24(43)40-25(16-1-2-16)19-12-23-39-21(15-42(23)38-14-19)26(17-5-8-28(32,33)9-6-17)41-27(44)18-7-10-37-20(11-18)13-29(34,35)36/h7,10-12,14-17,22,25-26H,1-6,8-9,13H2,(H,40,43)(H,41,44). The van der Waals surface area contributed by atoms with Crippen molar-refractivity contribution in [3.8, 4) is 0 Å². The molecule has 2 atom stereocenters. The first-order valence-electron chi connectivity index (χ1n) is 14.4. The van der Waals surface area contributed by atoms with Crippen molar-refractivity contribution in [3.63, 3.8) is 0 Å². The normalized spacial score (nSPS) is 18.7. The minimum atomic E-state index is -4.52. The lowest BCUT2D eigenvalue weighted by molar-refractivity contribution is -0.128. The Morgan fingerprint density at radius 3 is 2.39 bits per heavy atom. The number of pyridine rings is 1. The molecule has 44 heavy (non-hydrogen) atoms. The molecule has 2 aliphatic carbocycles. The number of carbonyl (C=O) groups is 2. The van der Waals surface area contributed by atoms with Crippen LogP contribution in [0.1, 0.15) is 90.8 Å². The van der Waals surface area contributed by atoms with Crippen LogP contribution in [0.2, 0.25) is 0 Å². The number of nitrogens with zero attached hydrogens (tertiary/aromatic N) is 4. The first kappa shape index (κ1) is 31.6. The van der Waals surface area contributed by atoms with E-state index in [1.165, 1.54) is 16.8 Å². The van der Waals surface area contributed by atoms with Crippen LogP contribution in [0.3, 0.4) is 0 Å². The second kappa shape index (κ2) is 12.7. The number of rotatable bonds is 11. The average molecular weight is 629 g/mol. The molecule has 15 heteroatoms. The van der Waals surface area contributed by atoms with Gasteiger partial charge in [-0.3, -0.25) is 14.6 Å². The van der Waals surface area contributed by atoms with Gasteiger partial charge in [-0.15, -0.1) is 0 Å². The number of hydrogen-bond acceptors (Lipinski definition) is 5. The Balaban J connectivity index is 1.40. The van der Waals surface area contributed by atoms with E-state index in [-0.39, 0.29) is 49.3 Å². The molecule has 3 aromatic rings. The highest BCUT2D eigenvalue weighted by molar-refractivity contribution is 5.94. The summed E-state index contributed by atoms with van der Waals surface area (Å²) in [6.45, 7) is 0. The maximum Gasteiger partial charge on any atom is 0.394 e. The van der Waals surface area contributed by atoms with Gasteiger partial charge in [-0.2, -0.15) is 18.3 Å². The summed E-state index contributed by atoms with van der Waals surface area (Å²) in [6.07, 6.45) is -4.06. The Morgan fingerprint density at radius 2 is 1.73 bits per heavy atom. The van der Waals surface area contributed by atoms with Crippen LogP contribution in [-0.4, -0.2) is 49.9 Å². The predicted molar refractivity (Wildman–Crippen MR) is 143 cm³/mol. The number of carbonyl (C=O) groups excluding carboxylic acids is 2. The van der Waals surface area contributed by atoms with E-state index in [0.717, 1.165) is 25.1 Å². The Bertz CT molecular complexity index is 1480. The first-order valence-corrected chi connectivity index (χ1v) is 14.4. The number of imidazole rings is 1. The van der Waals surface area contributed by atoms with Crippen LogP contribution in [0.5, 0.6) is 0 Å². The highest BCUT2D eigenvalue weighted by Gasteiger charge is 2.40. The summed E-state index contributed by atoms with van der Waals surface area (Å²) in [5.41, 5.74) is 0.891. The molecule has 0 radical (unpaired) electrons. The smallest absolute Gasteiger partial charge is 0.349 e. The largest absolute Gasteiger partial charge is 0.394 e. The first-order chi connectivity index (χ1) is 20.8. The van der Waals surface area contributed by atoms with Crippen LogP contribution in [0.25, 0.3) is 5.65 Å². The number of nitrogens with one attached hydrogen (secondary N) is 2. The number of hydrogen-bond donors (Lipinski definition) is 2. The van der Waals surface area contributed by atoms with Crippen LogP contribution < -0.4 is 10.6 Å². The predicted octanol–water partition coefficient (Wildman–Crippen LogP) is 6.14. The second-order valence-electron chi connectivity index (χ2n) is 11.5. The van der Waals surface area contributed by atoms with Gasteiger partial charge in [-0.1, -0.05) is 0 Å². The summed E-state index contributed by atoms with van der Waals surface area (Å²) in [6, 6.07) is 2.70. The minimum Gasteiger partial charge on any atom is -0.349 e. The topological polar surface area (TPSA) is 101 Å². The number of aromatic nitrogens is 4. The van der Waals surface area contributed by atoms with Crippen molar-refractivity contribution in [1.82, 2.24) is 30.2 Å². The van der Waals surface area contributed by atoms with Gasteiger partial charge in [0.15, 0.2) is 5.65 Å². The van der Waals surface area contributed by atoms with E-state index in [4.69, 9.17) is 0 Å². The molecule has 2 fully saturated rings. The maximum atomic E-state index is 14.0. The number of halogens is 7. The highest BCUT2D eigenvalue weighted by atomic mass is 19.4. The summed E-state index contributed by atoms with van der Waals surface area (Å²) in [4.78, 5) is 33.9. The average Bonchev–Trinajstić information content (AvgIpc) is 3.70. The van der Waals surface area contributed by atoms with E-state index < -0.39 is 61.2 Å². The third kappa shape index (κ3) is 8.23. The van der Waals surface area contributed by atoms with E-state index in [1.54, 1.807) is 12.3 Å². The van der Waals surface area contributed by atoms with Crippen molar-refractivity contribution in [1.29, 1.82) is 0 Å². The van der Waals surface area contributed by atoms with Crippen LogP contribution in [0.15, 0.2) is 36.8 Å². The van der Waals surface area contributed by atoms with Gasteiger partial charge in [-0.05, 0) is 61.3 Å². The lowest BCUT2D eigenvalue weighted by atomic mass is 9.81. The Hall–Kier alpha value is -3.78. The van der Waals surface area contributed by atoms with Gasteiger partial charge >= 0.3 is 6.18 Å². The zero-order chi connectivity index (χ0) is 31.6. The van der Waals surface area contributed by atoms with E-state index in [9.17, 15) is 40.3 Å². The molecule has 3 heterocycles. The third-order valence-electron chi connectivity index (χ3n) is 8.02. The van der Waals surface area contributed by atoms with Crippen LogP contribution >= 0.6 is 0 Å². The van der Waals surface area contributed by atoms with E-state index in [1.807, 2.05) is 0 Å². The van der Waals surface area contributed by atoms with Crippen LogP contribution in [0, 0.1) is 11.8 Å². The minimum absolute atomic E-state index is 0.0653. The molecule has 2 N–H and O–H groups in total. The molecule has 2 unspecified atom stereocenters. The Morgan fingerprint density at radius 1 is 1.02 bits per heavy atom. The van der Waals surface area contributed by atoms with Crippen LogP contribution in [0.4, 0.5) is 30.7 Å². The van der Waals surface area contributed by atoms with Gasteiger partial charge in [0.05, 0.1) is 42.3 Å². The van der Waals surface area contributed by atoms with Crippen molar-refractivity contribution in [2.24, 2.45) is 11.8 Å². The zero-order valence-electron chi connectivity index (χ0n) is 23.5. The number of fused-ring (bicyclic) bond motifs is 1. The molecule has 238 valence electrons. The second-order valence-corrected chi connectivity index (χ2v) is 11.5. The van der Waals surface area contributed by atoms with E-state index >= 15 is 0 Å². The molecule has 0 saturated heterocycles. The Labute approximate surface area is 247 Å². The zero-order valence-corrected chi connectivity index (χ0v) is 23.5. The van der Waals surface area contributed by atoms with Crippen molar-refractivity contribution in [2.45, 2.75) is 88.4 Å². The van der Waals surface area contributed by atoms with Crippen LogP contribution in [-0.2, 0) is 11.2 Å². The van der Waals surface area contributed by atoms with E-state index in [2.05, 4.69) is 25.7 Å². The quantitative estimate of drug-likeness (QED) is 0.249. The lowest BCUT2D eigenvalue weighted by Crippen LogP contribution is -2.37. The fourth-order valence-electron chi connectivity index (χ4n) is 5.59. The Kier molecular flexibility index (Phi) is 9.12. The van der Waals surface area contributed by atoms with Crippen molar-refractivity contribution in [3.05, 3.63) is 59.3 Å². The van der Waals surface area contributed by atoms with Gasteiger partial charge in [-0.25, -0.2) is 27.1 Å². The molecule has 2 amide bonds. The molecule has 3 aromatic heterocycles. The number of amides is 2. The monoisotopic (exact) mass is 628 g/mol. The van der Waals surface area contributed by atoms with Gasteiger partial charge < -0.3 is 10.6 Å². The van der Waals surface area contributed by atoms with Gasteiger partial charge in [0.25, 0.3) is 5.91 Å². The summed E-state index contributed by atoms with van der Waals surface area (Å²) < 4.78 is 93.3. The summed E-state index contributed by atoms with van der Waals surface area (Å²) in [5, 5.41) is 10.00. The summed E-state index contributed by atoms with van der Waals surface area (Å²) >= 11 is 0. The molecule has 2 saturated carbocycles. The number of alkyl halides is 7. The highest BCUT2D eigenvalue weighted by Crippen LogP contribution is 2.43. The van der Waals surface area contributed by atoms with Gasteiger partial charge in [0.1, 0.15) is 0 Å². The van der Waals surface area contributed by atoms with Gasteiger partial charge in [0.2, 0.25) is 18.3 Å². The molecule has 8 nitrogen and oxygen atoms in total. The molecule has 0 aromatic carbocycles. The molecule has 0 aliphatic heterocycles.